The first kappa shape index (κ1) is 26.9. The van der Waals surface area contributed by atoms with Crippen LogP contribution in [0.25, 0.3) is 21.8 Å². The summed E-state index contributed by atoms with van der Waals surface area (Å²) in [5, 5.41) is 10.8. The van der Waals surface area contributed by atoms with Crippen LogP contribution in [-0.2, 0) is 16.8 Å². The van der Waals surface area contributed by atoms with Crippen LogP contribution in [0.2, 0.25) is 0 Å². The largest absolute Gasteiger partial charge is 0.497 e. The molecule has 35 heavy (non-hydrogen) atoms. The van der Waals surface area contributed by atoms with Crippen molar-refractivity contribution in [2.24, 2.45) is 5.92 Å². The van der Waals surface area contributed by atoms with E-state index in [9.17, 15) is 4.79 Å². The topological polar surface area (TPSA) is 69.0 Å². The van der Waals surface area contributed by atoms with E-state index in [1.807, 2.05) is 18.3 Å². The number of amides is 1. The molecule has 0 aliphatic heterocycles. The Balaban J connectivity index is 1.73. The van der Waals surface area contributed by atoms with E-state index in [0.717, 1.165) is 52.7 Å². The van der Waals surface area contributed by atoms with Crippen LogP contribution in [0.4, 0.5) is 0 Å². The van der Waals surface area contributed by atoms with Gasteiger partial charge in [-0.05, 0) is 70.2 Å². The Kier molecular flexibility index (Phi) is 9.49. The van der Waals surface area contributed by atoms with E-state index < -0.39 is 0 Å². The molecule has 3 aromatic rings. The van der Waals surface area contributed by atoms with Gasteiger partial charge in [0.25, 0.3) is 0 Å². The van der Waals surface area contributed by atoms with E-state index in [1.54, 1.807) is 18.4 Å². The summed E-state index contributed by atoms with van der Waals surface area (Å²) in [6.07, 6.45) is 7.66. The number of carbonyl (C=O) groups excluding carboxylic acids is 1. The molecule has 1 amide bonds. The number of thiazole rings is 1. The molecule has 3 rings (SSSR count). The predicted octanol–water partition coefficient (Wildman–Crippen LogP) is 6.70. The molecule has 0 atom stereocenters. The van der Waals surface area contributed by atoms with Crippen molar-refractivity contribution < 1.29 is 9.53 Å². The predicted molar refractivity (Wildman–Crippen MR) is 145 cm³/mol. The monoisotopic (exact) mass is 496 g/mol. The molecule has 0 unspecified atom stereocenters. The van der Waals surface area contributed by atoms with Crippen molar-refractivity contribution in [3.05, 3.63) is 41.5 Å². The van der Waals surface area contributed by atoms with Gasteiger partial charge in [-0.25, -0.2) is 4.98 Å². The first-order chi connectivity index (χ1) is 16.8. The maximum atomic E-state index is 12.5. The number of nitrogens with zero attached hydrogens (tertiary/aromatic N) is 3. The first-order valence-corrected chi connectivity index (χ1v) is 13.6. The molecule has 0 saturated carbocycles. The van der Waals surface area contributed by atoms with Crippen molar-refractivity contribution in [1.82, 2.24) is 20.1 Å². The van der Waals surface area contributed by atoms with Gasteiger partial charge >= 0.3 is 0 Å². The second kappa shape index (κ2) is 12.3. The molecule has 0 saturated heterocycles. The summed E-state index contributed by atoms with van der Waals surface area (Å²) in [5.74, 6) is 1.51. The van der Waals surface area contributed by atoms with Gasteiger partial charge in [-0.15, -0.1) is 11.3 Å². The van der Waals surface area contributed by atoms with Crippen molar-refractivity contribution in [2.45, 2.75) is 78.7 Å². The summed E-state index contributed by atoms with van der Waals surface area (Å²) in [5.41, 5.74) is 3.88. The molecule has 0 fully saturated rings. The Morgan fingerprint density at radius 2 is 1.83 bits per heavy atom. The van der Waals surface area contributed by atoms with Gasteiger partial charge in [0.2, 0.25) is 5.91 Å². The number of hydrogen-bond acceptors (Lipinski definition) is 5. The summed E-state index contributed by atoms with van der Waals surface area (Å²) < 4.78 is 7.39. The minimum Gasteiger partial charge on any atom is -0.497 e. The summed E-state index contributed by atoms with van der Waals surface area (Å²) in [6.45, 7) is 11.6. The molecule has 7 heteroatoms. The fraction of sp³-hybridized carbons (Fsp3) is 0.536. The van der Waals surface area contributed by atoms with Crippen molar-refractivity contribution in [3.63, 3.8) is 0 Å². The number of aryl methyl sites for hydroxylation is 1. The minimum atomic E-state index is -0.181. The van der Waals surface area contributed by atoms with Crippen molar-refractivity contribution >= 4 is 17.2 Å². The molecule has 2 heterocycles. The molecule has 0 spiro atoms. The highest BCUT2D eigenvalue weighted by molar-refractivity contribution is 7.13. The van der Waals surface area contributed by atoms with Crippen LogP contribution in [0.3, 0.4) is 0 Å². The van der Waals surface area contributed by atoms with Crippen LogP contribution in [0.1, 0.15) is 72.4 Å². The maximum Gasteiger partial charge on any atom is 0.220 e. The fourth-order valence-corrected chi connectivity index (χ4v) is 5.20. The van der Waals surface area contributed by atoms with E-state index in [-0.39, 0.29) is 11.4 Å². The number of aromatic nitrogens is 3. The molecule has 1 aromatic carbocycles. The van der Waals surface area contributed by atoms with Crippen LogP contribution in [-0.4, -0.2) is 34.3 Å². The summed E-state index contributed by atoms with van der Waals surface area (Å²) >= 11 is 1.61. The number of nitrogens with one attached hydrogen (secondary N) is 1. The zero-order valence-electron chi connectivity index (χ0n) is 22.1. The second-order valence-corrected chi connectivity index (χ2v) is 11.0. The fourth-order valence-electron chi connectivity index (χ4n) is 4.34. The van der Waals surface area contributed by atoms with Gasteiger partial charge in [0.05, 0.1) is 35.8 Å². The molecule has 0 radical (unpaired) electrons. The molecule has 6 nitrogen and oxygen atoms in total. The molecular weight excluding hydrogens is 456 g/mol. The second-order valence-electron chi connectivity index (χ2n) is 10.1. The standard InChI is InChI=1S/C28H40N4O2S/c1-7-9-20(10-8-2)17-29-25(33)16-13-22-19-35-27(31-22)24-18-30-32(28(3,4)5)26(24)21-11-14-23(34-6)15-12-21/h11-12,14-15,18-20H,7-10,13,16-17H2,1-6H3,(H,29,33). The number of methoxy groups -OCH3 is 1. The van der Waals surface area contributed by atoms with Crippen molar-refractivity contribution in [2.75, 3.05) is 13.7 Å². The Hall–Kier alpha value is -2.67. The van der Waals surface area contributed by atoms with Gasteiger partial charge in [0.15, 0.2) is 0 Å². The highest BCUT2D eigenvalue weighted by Gasteiger charge is 2.24. The zero-order chi connectivity index (χ0) is 25.4. The third kappa shape index (κ3) is 7.17. The summed E-state index contributed by atoms with van der Waals surface area (Å²) in [6, 6.07) is 8.06. The molecular formula is C28H40N4O2S. The summed E-state index contributed by atoms with van der Waals surface area (Å²) in [4.78, 5) is 17.3. The van der Waals surface area contributed by atoms with Gasteiger partial charge in [0.1, 0.15) is 10.8 Å². The summed E-state index contributed by atoms with van der Waals surface area (Å²) in [7, 11) is 1.67. The van der Waals surface area contributed by atoms with E-state index in [2.05, 4.69) is 62.1 Å². The number of rotatable bonds is 12. The van der Waals surface area contributed by atoms with Gasteiger partial charge in [-0.1, -0.05) is 26.7 Å². The first-order valence-electron chi connectivity index (χ1n) is 12.7. The zero-order valence-corrected chi connectivity index (χ0v) is 22.9. The normalized spacial score (nSPS) is 11.7. The van der Waals surface area contributed by atoms with Crippen LogP contribution in [0, 0.1) is 5.92 Å². The molecule has 1 N–H and O–H groups in total. The maximum absolute atomic E-state index is 12.5. The van der Waals surface area contributed by atoms with E-state index >= 15 is 0 Å². The van der Waals surface area contributed by atoms with E-state index in [0.29, 0.717) is 18.8 Å². The third-order valence-electron chi connectivity index (χ3n) is 6.14. The lowest BCUT2D eigenvalue weighted by atomic mass is 9.98. The quantitative estimate of drug-likeness (QED) is 0.303. The highest BCUT2D eigenvalue weighted by Crippen LogP contribution is 2.37. The van der Waals surface area contributed by atoms with Gasteiger partial charge < -0.3 is 10.1 Å². The third-order valence-corrected chi connectivity index (χ3v) is 7.06. The SMILES string of the molecule is CCCC(CCC)CNC(=O)CCc1csc(-c2cnn(C(C)(C)C)c2-c2ccc(OC)cc2)n1. The van der Waals surface area contributed by atoms with Crippen molar-refractivity contribution in [1.29, 1.82) is 0 Å². The number of carbonyl (C=O) groups is 1. The van der Waals surface area contributed by atoms with Crippen LogP contribution in [0.15, 0.2) is 35.8 Å². The molecule has 0 aliphatic carbocycles. The number of ether oxygens (including phenoxy) is 1. The number of benzene rings is 1. The average molecular weight is 497 g/mol. The Morgan fingerprint density at radius 3 is 2.43 bits per heavy atom. The smallest absolute Gasteiger partial charge is 0.220 e. The van der Waals surface area contributed by atoms with Crippen LogP contribution >= 0.6 is 11.3 Å². The Labute approximate surface area is 214 Å². The lowest BCUT2D eigenvalue weighted by Crippen LogP contribution is -2.29. The van der Waals surface area contributed by atoms with Gasteiger partial charge in [0, 0.05) is 23.9 Å². The number of hydrogen-bond donors (Lipinski definition) is 1. The van der Waals surface area contributed by atoms with Crippen LogP contribution < -0.4 is 10.1 Å². The van der Waals surface area contributed by atoms with E-state index in [1.165, 1.54) is 12.8 Å². The van der Waals surface area contributed by atoms with E-state index in [4.69, 9.17) is 14.8 Å². The van der Waals surface area contributed by atoms with Crippen molar-refractivity contribution in [3.8, 4) is 27.6 Å². The van der Waals surface area contributed by atoms with Crippen LogP contribution in [0.5, 0.6) is 5.75 Å². The lowest BCUT2D eigenvalue weighted by Gasteiger charge is -2.23. The highest BCUT2D eigenvalue weighted by atomic mass is 32.1. The molecule has 2 aromatic heterocycles. The van der Waals surface area contributed by atoms with Gasteiger partial charge in [-0.2, -0.15) is 5.10 Å². The Morgan fingerprint density at radius 1 is 1.14 bits per heavy atom. The molecule has 0 bridgehead atoms. The lowest BCUT2D eigenvalue weighted by molar-refractivity contribution is -0.121. The van der Waals surface area contributed by atoms with Gasteiger partial charge in [-0.3, -0.25) is 9.48 Å². The Bertz CT molecular complexity index is 1070. The molecule has 190 valence electrons. The minimum absolute atomic E-state index is 0.108. The average Bonchev–Trinajstić information content (AvgIpc) is 3.48. The molecule has 0 aliphatic rings.